The Balaban J connectivity index is 1.99. The summed E-state index contributed by atoms with van der Waals surface area (Å²) in [6, 6.07) is 14.6. The molecule has 2 rings (SSSR count). The molecule has 0 aliphatic rings. The van der Waals surface area contributed by atoms with E-state index in [9.17, 15) is 0 Å². The van der Waals surface area contributed by atoms with Crippen LogP contribution in [0.1, 0.15) is 119 Å². The van der Waals surface area contributed by atoms with E-state index in [2.05, 4.69) is 77.9 Å². The van der Waals surface area contributed by atoms with Crippen LogP contribution in [-0.4, -0.2) is 0 Å². The molecular formula is C31H48. The summed E-state index contributed by atoms with van der Waals surface area (Å²) < 4.78 is 0. The first-order valence-electron chi connectivity index (χ1n) is 13.2. The van der Waals surface area contributed by atoms with Gasteiger partial charge in [0.05, 0.1) is 0 Å². The summed E-state index contributed by atoms with van der Waals surface area (Å²) in [5, 5.41) is 0. The standard InChI is InChI=1S/C31H48/c1-7-11-17-28-23-26(20-19-25(28)5)15-13-14-16-27-21-22-30(31(6,9-3)10-4)29(24-27)18-12-8-2/h19-24H,7-18H2,1-6H3. The molecule has 172 valence electrons. The van der Waals surface area contributed by atoms with Crippen LogP contribution < -0.4 is 0 Å². The number of rotatable bonds is 14. The monoisotopic (exact) mass is 420 g/mol. The molecule has 0 nitrogen and oxygen atoms in total. The van der Waals surface area contributed by atoms with Crippen LogP contribution in [0.5, 0.6) is 0 Å². The number of hydrogen-bond donors (Lipinski definition) is 0. The molecular weight excluding hydrogens is 372 g/mol. The van der Waals surface area contributed by atoms with Gasteiger partial charge < -0.3 is 0 Å². The minimum atomic E-state index is 0.322. The molecule has 0 aliphatic carbocycles. The lowest BCUT2D eigenvalue weighted by Crippen LogP contribution is -2.21. The van der Waals surface area contributed by atoms with Crippen LogP contribution in [0.2, 0.25) is 0 Å². The van der Waals surface area contributed by atoms with Gasteiger partial charge in [0.2, 0.25) is 0 Å². The second-order valence-electron chi connectivity index (χ2n) is 9.93. The molecule has 31 heavy (non-hydrogen) atoms. The largest absolute Gasteiger partial charge is 0.0654 e. The molecule has 0 spiro atoms. The van der Waals surface area contributed by atoms with E-state index in [0.29, 0.717) is 5.41 Å². The van der Waals surface area contributed by atoms with Gasteiger partial charge in [0.25, 0.3) is 0 Å². The Morgan fingerprint density at radius 3 is 1.68 bits per heavy atom. The van der Waals surface area contributed by atoms with Crippen molar-refractivity contribution in [2.75, 3.05) is 0 Å². The van der Waals surface area contributed by atoms with Crippen LogP contribution in [0.15, 0.2) is 36.4 Å². The van der Waals surface area contributed by atoms with Gasteiger partial charge in [-0.25, -0.2) is 0 Å². The summed E-state index contributed by atoms with van der Waals surface area (Å²) in [6.45, 7) is 14.0. The molecule has 0 aliphatic heterocycles. The molecule has 0 aromatic heterocycles. The van der Waals surface area contributed by atoms with Crippen molar-refractivity contribution < 1.29 is 0 Å². The zero-order chi connectivity index (χ0) is 22.7. The van der Waals surface area contributed by atoms with E-state index in [-0.39, 0.29) is 0 Å². The highest BCUT2D eigenvalue weighted by molar-refractivity contribution is 5.38. The van der Waals surface area contributed by atoms with Gasteiger partial charge in [-0.15, -0.1) is 0 Å². The van der Waals surface area contributed by atoms with Gasteiger partial charge in [-0.05, 0) is 110 Å². The van der Waals surface area contributed by atoms with Crippen molar-refractivity contribution in [3.05, 3.63) is 69.8 Å². The summed E-state index contributed by atoms with van der Waals surface area (Å²) >= 11 is 0. The quantitative estimate of drug-likeness (QED) is 0.267. The summed E-state index contributed by atoms with van der Waals surface area (Å²) in [7, 11) is 0. The normalized spacial score (nSPS) is 11.8. The second-order valence-corrected chi connectivity index (χ2v) is 9.93. The van der Waals surface area contributed by atoms with Crippen LogP contribution in [0.3, 0.4) is 0 Å². The van der Waals surface area contributed by atoms with Crippen LogP contribution in [-0.2, 0) is 31.1 Å². The van der Waals surface area contributed by atoms with E-state index >= 15 is 0 Å². The Morgan fingerprint density at radius 2 is 1.13 bits per heavy atom. The molecule has 0 radical (unpaired) electrons. The van der Waals surface area contributed by atoms with Gasteiger partial charge in [-0.1, -0.05) is 83.9 Å². The van der Waals surface area contributed by atoms with E-state index in [1.54, 1.807) is 16.7 Å². The van der Waals surface area contributed by atoms with Crippen molar-refractivity contribution >= 4 is 0 Å². The molecule has 0 atom stereocenters. The highest BCUT2D eigenvalue weighted by Crippen LogP contribution is 2.34. The predicted octanol–water partition coefficient (Wildman–Crippen LogP) is 9.32. The van der Waals surface area contributed by atoms with E-state index in [1.807, 2.05) is 0 Å². The van der Waals surface area contributed by atoms with Crippen molar-refractivity contribution in [2.45, 2.75) is 124 Å². The van der Waals surface area contributed by atoms with Crippen molar-refractivity contribution in [1.82, 2.24) is 0 Å². The third-order valence-corrected chi connectivity index (χ3v) is 7.57. The zero-order valence-corrected chi connectivity index (χ0v) is 21.4. The van der Waals surface area contributed by atoms with Crippen LogP contribution in [0, 0.1) is 6.92 Å². The van der Waals surface area contributed by atoms with Crippen LogP contribution >= 0.6 is 0 Å². The molecule has 0 heteroatoms. The first-order chi connectivity index (χ1) is 15.0. The zero-order valence-electron chi connectivity index (χ0n) is 21.4. The molecule has 0 N–H and O–H groups in total. The smallest absolute Gasteiger partial charge is 0.00778 e. The summed E-state index contributed by atoms with van der Waals surface area (Å²) in [6.07, 6.45) is 15.0. The molecule has 0 saturated carbocycles. The fraction of sp³-hybridized carbons (Fsp3) is 0.613. The molecule has 0 heterocycles. The van der Waals surface area contributed by atoms with Crippen molar-refractivity contribution in [1.29, 1.82) is 0 Å². The Bertz CT molecular complexity index is 779. The van der Waals surface area contributed by atoms with E-state index in [4.69, 9.17) is 0 Å². The maximum atomic E-state index is 2.54. The minimum Gasteiger partial charge on any atom is -0.0654 e. The Morgan fingerprint density at radius 1 is 0.613 bits per heavy atom. The third kappa shape index (κ3) is 7.51. The van der Waals surface area contributed by atoms with Gasteiger partial charge in [-0.3, -0.25) is 0 Å². The summed E-state index contributed by atoms with van der Waals surface area (Å²) in [4.78, 5) is 0. The first kappa shape index (κ1) is 25.7. The molecule has 0 fully saturated rings. The maximum absolute atomic E-state index is 2.54. The molecule has 0 bridgehead atoms. The Kier molecular flexibility index (Phi) is 10.9. The van der Waals surface area contributed by atoms with Gasteiger partial charge in [0.15, 0.2) is 0 Å². The van der Waals surface area contributed by atoms with Crippen molar-refractivity contribution in [3.8, 4) is 0 Å². The van der Waals surface area contributed by atoms with Gasteiger partial charge in [0, 0.05) is 0 Å². The predicted molar refractivity (Wildman–Crippen MR) is 139 cm³/mol. The van der Waals surface area contributed by atoms with Gasteiger partial charge >= 0.3 is 0 Å². The van der Waals surface area contributed by atoms with Gasteiger partial charge in [-0.2, -0.15) is 0 Å². The minimum absolute atomic E-state index is 0.322. The second kappa shape index (κ2) is 13.1. The number of benzene rings is 2. The lowest BCUT2D eigenvalue weighted by molar-refractivity contribution is 0.434. The molecule has 2 aromatic rings. The van der Waals surface area contributed by atoms with E-state index in [0.717, 1.165) is 0 Å². The lowest BCUT2D eigenvalue weighted by atomic mass is 9.74. The van der Waals surface area contributed by atoms with Gasteiger partial charge in [0.1, 0.15) is 0 Å². The topological polar surface area (TPSA) is 0 Å². The van der Waals surface area contributed by atoms with E-state index in [1.165, 1.54) is 93.7 Å². The van der Waals surface area contributed by atoms with Crippen molar-refractivity contribution in [3.63, 3.8) is 0 Å². The maximum Gasteiger partial charge on any atom is -0.00778 e. The summed E-state index contributed by atoms with van der Waals surface area (Å²) in [5.41, 5.74) is 9.63. The van der Waals surface area contributed by atoms with Crippen LogP contribution in [0.25, 0.3) is 0 Å². The average Bonchev–Trinajstić information content (AvgIpc) is 2.80. The third-order valence-electron chi connectivity index (χ3n) is 7.57. The number of unbranched alkanes of at least 4 members (excludes halogenated alkanes) is 3. The highest BCUT2D eigenvalue weighted by Gasteiger charge is 2.24. The summed E-state index contributed by atoms with van der Waals surface area (Å²) in [5.74, 6) is 0. The molecule has 0 amide bonds. The molecule has 0 unspecified atom stereocenters. The highest BCUT2D eigenvalue weighted by atomic mass is 14.3. The van der Waals surface area contributed by atoms with Crippen LogP contribution in [0.4, 0.5) is 0 Å². The molecule has 0 saturated heterocycles. The number of aryl methyl sites for hydroxylation is 5. The average molecular weight is 421 g/mol. The lowest BCUT2D eigenvalue weighted by Gasteiger charge is -2.30. The Labute approximate surface area is 193 Å². The van der Waals surface area contributed by atoms with Crippen molar-refractivity contribution in [2.24, 2.45) is 0 Å². The number of hydrogen-bond acceptors (Lipinski definition) is 0. The fourth-order valence-corrected chi connectivity index (χ4v) is 4.77. The molecule has 2 aromatic carbocycles. The fourth-order valence-electron chi connectivity index (χ4n) is 4.77. The van der Waals surface area contributed by atoms with E-state index < -0.39 is 0 Å². The Hall–Kier alpha value is -1.56. The SMILES string of the molecule is CCCCc1cc(CCCCc2ccc(C(C)(CC)CC)c(CCCC)c2)ccc1C. The first-order valence-corrected chi connectivity index (χ1v) is 13.2.